The second-order valence-corrected chi connectivity index (χ2v) is 7.70. The molecule has 0 aromatic heterocycles. The van der Waals surface area contributed by atoms with Gasteiger partial charge in [-0.3, -0.25) is 4.79 Å². The van der Waals surface area contributed by atoms with Crippen molar-refractivity contribution < 1.29 is 9.53 Å². The lowest BCUT2D eigenvalue weighted by Crippen LogP contribution is -1.98. The van der Waals surface area contributed by atoms with E-state index < -0.39 is 0 Å². The van der Waals surface area contributed by atoms with Crippen LogP contribution in [0.4, 0.5) is 0 Å². The van der Waals surface area contributed by atoms with Crippen LogP contribution in [0.3, 0.4) is 0 Å². The van der Waals surface area contributed by atoms with E-state index in [0.29, 0.717) is 17.3 Å². The first-order valence-electron chi connectivity index (χ1n) is 6.86. The minimum Gasteiger partial charge on any atom is -0.488 e. The lowest BCUT2D eigenvalue weighted by atomic mass is 10.1. The summed E-state index contributed by atoms with van der Waals surface area (Å²) in [5.74, 6) is 0.751. The molecule has 2 nitrogen and oxygen atoms in total. The molecule has 0 N–H and O–H groups in total. The predicted molar refractivity (Wildman–Crippen MR) is 102 cm³/mol. The quantitative estimate of drug-likeness (QED) is 0.414. The summed E-state index contributed by atoms with van der Waals surface area (Å²) in [7, 11) is 0. The Bertz CT molecular complexity index is 828. The molecular formula is C18H12Br2O2S. The van der Waals surface area contributed by atoms with Crippen LogP contribution in [0, 0.1) is 0 Å². The van der Waals surface area contributed by atoms with Gasteiger partial charge >= 0.3 is 0 Å². The summed E-state index contributed by atoms with van der Waals surface area (Å²) in [5, 5.41) is 0. The number of carbonyl (C=O) groups is 1. The van der Waals surface area contributed by atoms with Crippen molar-refractivity contribution in [2.24, 2.45) is 0 Å². The molecule has 23 heavy (non-hydrogen) atoms. The van der Waals surface area contributed by atoms with Crippen LogP contribution < -0.4 is 4.74 Å². The number of hydrogen-bond donors (Lipinski definition) is 0. The Labute approximate surface area is 155 Å². The number of allylic oxidation sites excluding steroid dienone is 1. The van der Waals surface area contributed by atoms with Gasteiger partial charge < -0.3 is 4.74 Å². The van der Waals surface area contributed by atoms with E-state index >= 15 is 0 Å². The molecule has 0 fully saturated rings. The molecule has 1 aliphatic rings. The summed E-state index contributed by atoms with van der Waals surface area (Å²) >= 11 is 8.48. The second kappa shape index (κ2) is 7.07. The van der Waals surface area contributed by atoms with Crippen molar-refractivity contribution in [2.45, 2.75) is 4.90 Å². The fourth-order valence-corrected chi connectivity index (χ4v) is 4.67. The molecule has 1 heterocycles. The first-order valence-corrected chi connectivity index (χ1v) is 9.26. The molecule has 0 unspecified atom stereocenters. The largest absolute Gasteiger partial charge is 0.488 e. The van der Waals surface area contributed by atoms with Gasteiger partial charge in [0.2, 0.25) is 5.78 Å². The van der Waals surface area contributed by atoms with Crippen molar-refractivity contribution in [3.05, 3.63) is 74.0 Å². The molecule has 0 saturated heterocycles. The monoisotopic (exact) mass is 450 g/mol. The number of ether oxygens (including phenoxy) is 1. The van der Waals surface area contributed by atoms with Crippen molar-refractivity contribution >= 4 is 55.5 Å². The van der Waals surface area contributed by atoms with Crippen molar-refractivity contribution in [2.75, 3.05) is 6.61 Å². The minimum absolute atomic E-state index is 0.0522. The Balaban J connectivity index is 2.03. The molecule has 0 radical (unpaired) electrons. The molecule has 0 bridgehead atoms. The third-order valence-corrected chi connectivity index (χ3v) is 5.39. The van der Waals surface area contributed by atoms with E-state index in [1.54, 1.807) is 6.08 Å². The topological polar surface area (TPSA) is 26.3 Å². The highest BCUT2D eigenvalue weighted by molar-refractivity contribution is 9.11. The lowest BCUT2D eigenvalue weighted by molar-refractivity contribution is 0.104. The standard InChI is InChI=1S/C18H12Br2O2S/c1-2-7-22-18-11(8-12(19)10-14(18)20)9-16-17(21)13-5-3-4-6-15(13)23-16/h2-6,8-10H,1,7H2. The number of ketones is 1. The van der Waals surface area contributed by atoms with E-state index in [2.05, 4.69) is 38.4 Å². The number of fused-ring (bicyclic) bond motifs is 1. The van der Waals surface area contributed by atoms with Crippen LogP contribution in [0.1, 0.15) is 15.9 Å². The molecular weight excluding hydrogens is 440 g/mol. The Kier molecular flexibility index (Phi) is 5.09. The third-order valence-electron chi connectivity index (χ3n) is 3.24. The number of Topliss-reactive ketones (excluding diaryl/α,β-unsaturated/α-hetero) is 1. The number of rotatable bonds is 4. The third kappa shape index (κ3) is 3.47. The summed E-state index contributed by atoms with van der Waals surface area (Å²) in [6, 6.07) is 11.5. The van der Waals surface area contributed by atoms with E-state index in [-0.39, 0.29) is 5.78 Å². The van der Waals surface area contributed by atoms with Crippen LogP contribution in [0.15, 0.2) is 67.8 Å². The van der Waals surface area contributed by atoms with Gasteiger partial charge in [-0.1, -0.05) is 52.5 Å². The van der Waals surface area contributed by atoms with Crippen LogP contribution >= 0.6 is 43.6 Å². The zero-order valence-corrected chi connectivity index (χ0v) is 16.0. The van der Waals surface area contributed by atoms with Crippen molar-refractivity contribution in [1.82, 2.24) is 0 Å². The van der Waals surface area contributed by atoms with Gasteiger partial charge in [0.25, 0.3) is 0 Å². The van der Waals surface area contributed by atoms with E-state index in [4.69, 9.17) is 4.74 Å². The van der Waals surface area contributed by atoms with E-state index in [0.717, 1.165) is 25.0 Å². The van der Waals surface area contributed by atoms with Crippen LogP contribution in [0.25, 0.3) is 6.08 Å². The highest BCUT2D eigenvalue weighted by atomic mass is 79.9. The first-order chi connectivity index (χ1) is 11.1. The highest BCUT2D eigenvalue weighted by Gasteiger charge is 2.25. The maximum absolute atomic E-state index is 12.5. The van der Waals surface area contributed by atoms with Gasteiger partial charge in [0, 0.05) is 20.5 Å². The van der Waals surface area contributed by atoms with Crippen molar-refractivity contribution in [1.29, 1.82) is 0 Å². The first kappa shape index (κ1) is 16.6. The fraction of sp³-hybridized carbons (Fsp3) is 0.0556. The molecule has 0 aliphatic carbocycles. The van der Waals surface area contributed by atoms with Gasteiger partial charge in [0.15, 0.2) is 0 Å². The normalized spacial score (nSPS) is 14.9. The van der Waals surface area contributed by atoms with Gasteiger partial charge in [-0.25, -0.2) is 0 Å². The number of carbonyl (C=O) groups excluding carboxylic acids is 1. The number of benzene rings is 2. The lowest BCUT2D eigenvalue weighted by Gasteiger charge is -2.11. The summed E-state index contributed by atoms with van der Waals surface area (Å²) in [4.78, 5) is 14.2. The highest BCUT2D eigenvalue weighted by Crippen LogP contribution is 2.42. The summed E-state index contributed by atoms with van der Waals surface area (Å²) in [6.07, 6.45) is 3.57. The predicted octanol–water partition coefficient (Wildman–Crippen LogP) is 6.11. The molecule has 2 aromatic rings. The average Bonchev–Trinajstić information content (AvgIpc) is 2.83. The van der Waals surface area contributed by atoms with Crippen LogP contribution in [0.2, 0.25) is 0 Å². The van der Waals surface area contributed by atoms with Crippen molar-refractivity contribution in [3.8, 4) is 5.75 Å². The molecule has 3 rings (SSSR count). The smallest absolute Gasteiger partial charge is 0.200 e. The van der Waals surface area contributed by atoms with Gasteiger partial charge in [0.1, 0.15) is 12.4 Å². The Morgan fingerprint density at radius 3 is 2.74 bits per heavy atom. The Hall–Kier alpha value is -1.30. The molecule has 0 spiro atoms. The molecule has 1 aliphatic heterocycles. The maximum atomic E-state index is 12.5. The molecule has 0 saturated carbocycles. The van der Waals surface area contributed by atoms with E-state index in [1.807, 2.05) is 42.5 Å². The molecule has 5 heteroatoms. The maximum Gasteiger partial charge on any atom is 0.200 e. The average molecular weight is 452 g/mol. The molecule has 0 amide bonds. The second-order valence-electron chi connectivity index (χ2n) is 4.84. The fourth-order valence-electron chi connectivity index (χ4n) is 2.26. The zero-order valence-electron chi connectivity index (χ0n) is 12.0. The Morgan fingerprint density at radius 1 is 1.22 bits per heavy atom. The van der Waals surface area contributed by atoms with Gasteiger partial charge in [0.05, 0.1) is 9.38 Å². The van der Waals surface area contributed by atoms with Gasteiger partial charge in [-0.15, -0.1) is 0 Å². The van der Waals surface area contributed by atoms with Crippen LogP contribution in [-0.4, -0.2) is 12.4 Å². The van der Waals surface area contributed by atoms with E-state index in [9.17, 15) is 4.79 Å². The summed E-state index contributed by atoms with van der Waals surface area (Å²) in [6.45, 7) is 4.07. The number of thioether (sulfide) groups is 1. The van der Waals surface area contributed by atoms with Crippen molar-refractivity contribution in [3.63, 3.8) is 0 Å². The molecule has 116 valence electrons. The molecule has 0 atom stereocenters. The summed E-state index contributed by atoms with van der Waals surface area (Å²) in [5.41, 5.74) is 1.60. The van der Waals surface area contributed by atoms with Crippen LogP contribution in [-0.2, 0) is 0 Å². The number of halogens is 2. The number of hydrogen-bond acceptors (Lipinski definition) is 3. The van der Waals surface area contributed by atoms with Gasteiger partial charge in [-0.05, 0) is 46.3 Å². The molecule has 2 aromatic carbocycles. The van der Waals surface area contributed by atoms with Crippen LogP contribution in [0.5, 0.6) is 5.75 Å². The minimum atomic E-state index is 0.0522. The Morgan fingerprint density at radius 2 is 2.00 bits per heavy atom. The SMILES string of the molecule is C=CCOc1c(Br)cc(Br)cc1C=C1Sc2ccccc2C1=O. The van der Waals surface area contributed by atoms with Gasteiger partial charge in [-0.2, -0.15) is 0 Å². The zero-order chi connectivity index (χ0) is 16.4. The van der Waals surface area contributed by atoms with E-state index in [1.165, 1.54) is 11.8 Å². The summed E-state index contributed by atoms with van der Waals surface area (Å²) < 4.78 is 7.48.